The molecule has 0 bridgehead atoms. The van der Waals surface area contributed by atoms with Gasteiger partial charge in [-0.05, 0) is 12.8 Å². The molecule has 1 aliphatic rings. The molecular weight excluding hydrogens is 198 g/mol. The van der Waals surface area contributed by atoms with Gasteiger partial charge in [0.15, 0.2) is 0 Å². The number of nitro groups is 1. The summed E-state index contributed by atoms with van der Waals surface area (Å²) in [5.41, 5.74) is -0.142. The van der Waals surface area contributed by atoms with Crippen LogP contribution in [0.3, 0.4) is 0 Å². The maximum Gasteiger partial charge on any atom is 0.330 e. The van der Waals surface area contributed by atoms with Gasteiger partial charge in [-0.2, -0.15) is 5.26 Å². The highest BCUT2D eigenvalue weighted by molar-refractivity contribution is 5.54. The van der Waals surface area contributed by atoms with E-state index in [9.17, 15) is 10.1 Å². The van der Waals surface area contributed by atoms with Crippen molar-refractivity contribution in [3.05, 3.63) is 28.1 Å². The van der Waals surface area contributed by atoms with Crippen molar-refractivity contribution < 1.29 is 9.66 Å². The molecular formula is C9H7N3O3. The predicted octanol–water partition coefficient (Wildman–Crippen LogP) is 1.40. The van der Waals surface area contributed by atoms with E-state index in [0.29, 0.717) is 0 Å². The molecule has 1 fully saturated rings. The monoisotopic (exact) mass is 205 g/mol. The summed E-state index contributed by atoms with van der Waals surface area (Å²) >= 11 is 0. The van der Waals surface area contributed by atoms with Crippen LogP contribution in [-0.2, 0) is 0 Å². The minimum atomic E-state index is -0.592. The first-order valence-electron chi connectivity index (χ1n) is 4.41. The van der Waals surface area contributed by atoms with Gasteiger partial charge < -0.3 is 4.74 Å². The predicted molar refractivity (Wildman–Crippen MR) is 49.3 cm³/mol. The third-order valence-corrected chi connectivity index (χ3v) is 2.00. The highest BCUT2D eigenvalue weighted by atomic mass is 16.6. The average Bonchev–Trinajstić information content (AvgIpc) is 3.01. The minimum absolute atomic E-state index is 0.0122. The second kappa shape index (κ2) is 3.53. The lowest BCUT2D eigenvalue weighted by Crippen LogP contribution is -2.03. The molecule has 1 saturated carbocycles. The molecule has 6 nitrogen and oxygen atoms in total. The Balaban J connectivity index is 2.44. The number of hydrogen-bond acceptors (Lipinski definition) is 5. The van der Waals surface area contributed by atoms with Crippen molar-refractivity contribution in [3.63, 3.8) is 0 Å². The van der Waals surface area contributed by atoms with Gasteiger partial charge in [0, 0.05) is 6.20 Å². The molecule has 76 valence electrons. The summed E-state index contributed by atoms with van der Waals surface area (Å²) in [6, 6.07) is 1.83. The lowest BCUT2D eigenvalue weighted by atomic mass is 10.2. The molecule has 0 radical (unpaired) electrons. The largest absolute Gasteiger partial charge is 0.482 e. The summed E-state index contributed by atoms with van der Waals surface area (Å²) in [7, 11) is 0. The number of rotatable bonds is 3. The highest BCUT2D eigenvalue weighted by Gasteiger charge is 2.29. The SMILES string of the molecule is N#Cc1cncc([N+](=O)[O-])c1OC1CC1. The standard InChI is InChI=1S/C9H7N3O3/c10-3-6-4-11-5-8(12(13)14)9(6)15-7-1-2-7/h4-5,7H,1-2H2. The van der Waals surface area contributed by atoms with E-state index in [1.807, 2.05) is 6.07 Å². The van der Waals surface area contributed by atoms with E-state index in [-0.39, 0.29) is 23.1 Å². The summed E-state index contributed by atoms with van der Waals surface area (Å²) < 4.78 is 5.34. The van der Waals surface area contributed by atoms with Gasteiger partial charge in [-0.3, -0.25) is 15.1 Å². The van der Waals surface area contributed by atoms with Gasteiger partial charge in [0.05, 0.1) is 11.0 Å². The molecule has 15 heavy (non-hydrogen) atoms. The van der Waals surface area contributed by atoms with Crippen molar-refractivity contribution in [1.29, 1.82) is 5.26 Å². The Bertz CT molecular complexity index is 448. The molecule has 6 heteroatoms. The van der Waals surface area contributed by atoms with Crippen molar-refractivity contribution in [2.45, 2.75) is 18.9 Å². The number of nitriles is 1. The van der Waals surface area contributed by atoms with E-state index >= 15 is 0 Å². The van der Waals surface area contributed by atoms with Crippen LogP contribution < -0.4 is 4.74 Å². The van der Waals surface area contributed by atoms with Crippen LogP contribution in [0.25, 0.3) is 0 Å². The van der Waals surface area contributed by atoms with Crippen LogP contribution in [-0.4, -0.2) is 16.0 Å². The number of pyridine rings is 1. The van der Waals surface area contributed by atoms with Crippen LogP contribution in [0.1, 0.15) is 18.4 Å². The van der Waals surface area contributed by atoms with E-state index in [1.165, 1.54) is 6.20 Å². The topological polar surface area (TPSA) is 89.0 Å². The first-order valence-corrected chi connectivity index (χ1v) is 4.41. The van der Waals surface area contributed by atoms with Crippen molar-refractivity contribution in [3.8, 4) is 11.8 Å². The van der Waals surface area contributed by atoms with E-state index in [1.54, 1.807) is 0 Å². The van der Waals surface area contributed by atoms with Crippen LogP contribution in [0.15, 0.2) is 12.4 Å². The summed E-state index contributed by atoms with van der Waals surface area (Å²) in [5, 5.41) is 19.4. The molecule has 1 aliphatic carbocycles. The van der Waals surface area contributed by atoms with Crippen molar-refractivity contribution in [2.75, 3.05) is 0 Å². The first kappa shape index (κ1) is 9.40. The molecule has 0 unspecified atom stereocenters. The van der Waals surface area contributed by atoms with Gasteiger partial charge in [-0.1, -0.05) is 0 Å². The van der Waals surface area contributed by atoms with Gasteiger partial charge in [0.2, 0.25) is 5.75 Å². The van der Waals surface area contributed by atoms with Crippen LogP contribution in [0, 0.1) is 21.4 Å². The van der Waals surface area contributed by atoms with Gasteiger partial charge in [0.25, 0.3) is 0 Å². The van der Waals surface area contributed by atoms with Crippen molar-refractivity contribution in [1.82, 2.24) is 4.98 Å². The molecule has 0 aromatic carbocycles. The fraction of sp³-hybridized carbons (Fsp3) is 0.333. The second-order valence-electron chi connectivity index (χ2n) is 3.22. The van der Waals surface area contributed by atoms with E-state index in [4.69, 9.17) is 10.00 Å². The van der Waals surface area contributed by atoms with E-state index in [2.05, 4.69) is 4.98 Å². The second-order valence-corrected chi connectivity index (χ2v) is 3.22. The Hall–Kier alpha value is -2.16. The van der Waals surface area contributed by atoms with Crippen molar-refractivity contribution >= 4 is 5.69 Å². The van der Waals surface area contributed by atoms with Gasteiger partial charge in [-0.25, -0.2) is 0 Å². The summed E-state index contributed by atoms with van der Waals surface area (Å²) in [6.45, 7) is 0. The Labute approximate surface area is 85.3 Å². The molecule has 0 aliphatic heterocycles. The normalized spacial score (nSPS) is 14.3. The summed E-state index contributed by atoms with van der Waals surface area (Å²) in [4.78, 5) is 13.7. The first-order chi connectivity index (χ1) is 7.22. The average molecular weight is 205 g/mol. The van der Waals surface area contributed by atoms with Crippen LogP contribution in [0.5, 0.6) is 5.75 Å². The molecule has 0 amide bonds. The third-order valence-electron chi connectivity index (χ3n) is 2.00. The fourth-order valence-corrected chi connectivity index (χ4v) is 1.12. The zero-order valence-corrected chi connectivity index (χ0v) is 7.71. The molecule has 2 rings (SSSR count). The van der Waals surface area contributed by atoms with Crippen LogP contribution in [0.4, 0.5) is 5.69 Å². The number of ether oxygens (including phenoxy) is 1. The Morgan fingerprint density at radius 1 is 1.60 bits per heavy atom. The molecule has 0 spiro atoms. The number of hydrogen-bond donors (Lipinski definition) is 0. The molecule has 1 aromatic rings. The Morgan fingerprint density at radius 3 is 2.87 bits per heavy atom. The maximum absolute atomic E-state index is 10.7. The zero-order chi connectivity index (χ0) is 10.8. The molecule has 0 saturated heterocycles. The van der Waals surface area contributed by atoms with E-state index < -0.39 is 4.92 Å². The quantitative estimate of drug-likeness (QED) is 0.549. The molecule has 0 N–H and O–H groups in total. The lowest BCUT2D eigenvalue weighted by molar-refractivity contribution is -0.386. The zero-order valence-electron chi connectivity index (χ0n) is 7.71. The Morgan fingerprint density at radius 2 is 2.33 bits per heavy atom. The smallest absolute Gasteiger partial charge is 0.330 e. The maximum atomic E-state index is 10.7. The van der Waals surface area contributed by atoms with Gasteiger partial charge >= 0.3 is 5.69 Å². The number of aromatic nitrogens is 1. The van der Waals surface area contributed by atoms with Crippen molar-refractivity contribution in [2.24, 2.45) is 0 Å². The number of nitrogens with zero attached hydrogens (tertiary/aromatic N) is 3. The summed E-state index contributed by atoms with van der Waals surface area (Å²) in [5.74, 6) is 0.0417. The highest BCUT2D eigenvalue weighted by Crippen LogP contribution is 2.35. The molecule has 1 heterocycles. The van der Waals surface area contributed by atoms with Gasteiger partial charge in [-0.15, -0.1) is 0 Å². The van der Waals surface area contributed by atoms with Crippen LogP contribution in [0.2, 0.25) is 0 Å². The third kappa shape index (κ3) is 1.86. The molecule has 0 atom stereocenters. The van der Waals surface area contributed by atoms with E-state index in [0.717, 1.165) is 19.0 Å². The molecule has 1 aromatic heterocycles. The van der Waals surface area contributed by atoms with Crippen LogP contribution >= 0.6 is 0 Å². The van der Waals surface area contributed by atoms with Gasteiger partial charge in [0.1, 0.15) is 17.8 Å². The summed E-state index contributed by atoms with van der Waals surface area (Å²) in [6.07, 6.45) is 4.14. The fourth-order valence-electron chi connectivity index (χ4n) is 1.12. The lowest BCUT2D eigenvalue weighted by Gasteiger charge is -2.05. The Kier molecular flexibility index (Phi) is 2.21. The minimum Gasteiger partial charge on any atom is -0.482 e.